The number of Topliss-reactive ketones (excluding diaryl/α,β-unsaturated/α-hetero) is 1. The number of hydrogen-bond donors (Lipinski definition) is 0. The van der Waals surface area contributed by atoms with E-state index in [-0.39, 0.29) is 5.92 Å². The monoisotopic (exact) mass is 242 g/mol. The van der Waals surface area contributed by atoms with Gasteiger partial charge in [0.25, 0.3) is 0 Å². The van der Waals surface area contributed by atoms with E-state index in [9.17, 15) is 4.79 Å². The molecule has 1 fully saturated rings. The van der Waals surface area contributed by atoms with E-state index in [1.807, 2.05) is 35.0 Å². The molecule has 2 heterocycles. The van der Waals surface area contributed by atoms with Gasteiger partial charge in [0, 0.05) is 31.2 Å². The molecule has 1 saturated carbocycles. The summed E-state index contributed by atoms with van der Waals surface area (Å²) in [5.74, 6) is 1.27. The van der Waals surface area contributed by atoms with E-state index in [0.29, 0.717) is 11.7 Å². The van der Waals surface area contributed by atoms with Crippen LogP contribution in [0.25, 0.3) is 5.65 Å². The number of aromatic nitrogens is 2. The first-order chi connectivity index (χ1) is 8.72. The van der Waals surface area contributed by atoms with E-state index in [4.69, 9.17) is 0 Å². The van der Waals surface area contributed by atoms with Crippen molar-refractivity contribution in [2.24, 2.45) is 11.8 Å². The highest BCUT2D eigenvalue weighted by Gasteiger charge is 2.27. The molecule has 3 rings (SSSR count). The van der Waals surface area contributed by atoms with E-state index in [0.717, 1.165) is 37.0 Å². The van der Waals surface area contributed by atoms with Crippen LogP contribution in [0.2, 0.25) is 0 Å². The van der Waals surface area contributed by atoms with Gasteiger partial charge in [-0.25, -0.2) is 4.98 Å². The van der Waals surface area contributed by atoms with Crippen molar-refractivity contribution in [3.05, 3.63) is 36.3 Å². The third-order valence-corrected chi connectivity index (χ3v) is 3.90. The van der Waals surface area contributed by atoms with Crippen molar-refractivity contribution < 1.29 is 4.79 Å². The van der Waals surface area contributed by atoms with Crippen molar-refractivity contribution in [2.45, 2.75) is 32.6 Å². The number of imidazole rings is 1. The van der Waals surface area contributed by atoms with E-state index >= 15 is 0 Å². The molecule has 18 heavy (non-hydrogen) atoms. The third-order valence-electron chi connectivity index (χ3n) is 3.90. The number of ketones is 1. The lowest BCUT2D eigenvalue weighted by molar-refractivity contribution is -0.125. The number of carbonyl (C=O) groups excluding carboxylic acids is 1. The zero-order valence-electron chi connectivity index (χ0n) is 10.7. The minimum Gasteiger partial charge on any atom is -0.307 e. The summed E-state index contributed by atoms with van der Waals surface area (Å²) in [7, 11) is 0. The smallest absolute Gasteiger partial charge is 0.136 e. The maximum absolute atomic E-state index is 11.9. The molecule has 0 N–H and O–H groups in total. The summed E-state index contributed by atoms with van der Waals surface area (Å²) in [5.41, 5.74) is 2.00. The minimum absolute atomic E-state index is 0.179. The van der Waals surface area contributed by atoms with E-state index in [1.165, 1.54) is 0 Å². The Morgan fingerprint density at radius 1 is 1.44 bits per heavy atom. The first-order valence-corrected chi connectivity index (χ1v) is 6.67. The molecule has 2 atom stereocenters. The highest BCUT2D eigenvalue weighted by atomic mass is 16.1. The van der Waals surface area contributed by atoms with Crippen molar-refractivity contribution in [2.75, 3.05) is 0 Å². The molecule has 0 saturated heterocycles. The maximum atomic E-state index is 11.9. The van der Waals surface area contributed by atoms with Gasteiger partial charge in [0.1, 0.15) is 11.4 Å². The normalized spacial score (nSPS) is 24.6. The standard InChI is InChI=1S/C15H18N2O/c1-11-5-6-14(18)12(8-11)9-13-10-17-7-3-2-4-15(17)16-13/h2-4,7,10-12H,5-6,8-9H2,1H3. The molecular weight excluding hydrogens is 224 g/mol. The molecule has 2 aromatic rings. The van der Waals surface area contributed by atoms with Gasteiger partial charge in [0.2, 0.25) is 0 Å². The Hall–Kier alpha value is -1.64. The molecule has 1 aliphatic rings. The number of pyridine rings is 1. The second kappa shape index (κ2) is 4.56. The SMILES string of the molecule is CC1CCC(=O)C(Cc2cn3ccccc3n2)C1. The predicted molar refractivity (Wildman–Crippen MR) is 70.4 cm³/mol. The summed E-state index contributed by atoms with van der Waals surface area (Å²) < 4.78 is 2.02. The van der Waals surface area contributed by atoms with E-state index < -0.39 is 0 Å². The molecule has 0 amide bonds. The topological polar surface area (TPSA) is 34.4 Å². The van der Waals surface area contributed by atoms with Gasteiger partial charge in [-0.15, -0.1) is 0 Å². The summed E-state index contributed by atoms with van der Waals surface area (Å²) in [6, 6.07) is 5.97. The highest BCUT2D eigenvalue weighted by Crippen LogP contribution is 2.28. The fraction of sp³-hybridized carbons (Fsp3) is 0.467. The van der Waals surface area contributed by atoms with Crippen LogP contribution in [0.5, 0.6) is 0 Å². The van der Waals surface area contributed by atoms with Crippen LogP contribution in [-0.4, -0.2) is 15.2 Å². The van der Waals surface area contributed by atoms with Gasteiger partial charge in [-0.1, -0.05) is 13.0 Å². The Kier molecular flexibility index (Phi) is 2.90. The molecular formula is C15H18N2O. The molecule has 3 nitrogen and oxygen atoms in total. The summed E-state index contributed by atoms with van der Waals surface area (Å²) in [5, 5.41) is 0. The fourth-order valence-corrected chi connectivity index (χ4v) is 2.86. The number of rotatable bonds is 2. The second-order valence-corrected chi connectivity index (χ2v) is 5.45. The molecule has 2 aromatic heterocycles. The molecule has 0 aliphatic heterocycles. The minimum atomic E-state index is 0.179. The van der Waals surface area contributed by atoms with Crippen molar-refractivity contribution in [3.63, 3.8) is 0 Å². The van der Waals surface area contributed by atoms with Gasteiger partial charge in [-0.3, -0.25) is 4.79 Å². The fourth-order valence-electron chi connectivity index (χ4n) is 2.86. The van der Waals surface area contributed by atoms with Crippen molar-refractivity contribution in [3.8, 4) is 0 Å². The summed E-state index contributed by atoms with van der Waals surface area (Å²) >= 11 is 0. The molecule has 0 aromatic carbocycles. The molecule has 1 aliphatic carbocycles. The van der Waals surface area contributed by atoms with E-state index in [1.54, 1.807) is 0 Å². The maximum Gasteiger partial charge on any atom is 0.136 e. The Bertz CT molecular complexity index is 540. The van der Waals surface area contributed by atoms with Crippen LogP contribution in [0.15, 0.2) is 30.6 Å². The van der Waals surface area contributed by atoms with Gasteiger partial charge in [-0.2, -0.15) is 0 Å². The van der Waals surface area contributed by atoms with Crippen LogP contribution >= 0.6 is 0 Å². The molecule has 94 valence electrons. The lowest BCUT2D eigenvalue weighted by Gasteiger charge is -2.24. The summed E-state index contributed by atoms with van der Waals surface area (Å²) in [6.07, 6.45) is 7.66. The van der Waals surface area contributed by atoms with Crippen LogP contribution in [0.1, 0.15) is 31.9 Å². The Morgan fingerprint density at radius 3 is 3.17 bits per heavy atom. The van der Waals surface area contributed by atoms with Crippen molar-refractivity contribution in [1.29, 1.82) is 0 Å². The van der Waals surface area contributed by atoms with Crippen LogP contribution in [-0.2, 0) is 11.2 Å². The molecule has 3 heteroatoms. The molecule has 0 spiro atoms. The Labute approximate surface area is 107 Å². The van der Waals surface area contributed by atoms with Gasteiger partial charge in [0.15, 0.2) is 0 Å². The van der Waals surface area contributed by atoms with Crippen molar-refractivity contribution >= 4 is 11.4 Å². The van der Waals surface area contributed by atoms with Crippen LogP contribution < -0.4 is 0 Å². The summed E-state index contributed by atoms with van der Waals surface area (Å²) in [6.45, 7) is 2.24. The first-order valence-electron chi connectivity index (χ1n) is 6.67. The average Bonchev–Trinajstić information content (AvgIpc) is 2.76. The first kappa shape index (κ1) is 11.5. The number of nitrogens with zero attached hydrogens (tertiary/aromatic N) is 2. The van der Waals surface area contributed by atoms with Crippen LogP contribution in [0, 0.1) is 11.8 Å². The largest absolute Gasteiger partial charge is 0.307 e. The van der Waals surface area contributed by atoms with Crippen molar-refractivity contribution in [1.82, 2.24) is 9.38 Å². The summed E-state index contributed by atoms with van der Waals surface area (Å²) in [4.78, 5) is 16.5. The Morgan fingerprint density at radius 2 is 2.33 bits per heavy atom. The Balaban J connectivity index is 1.80. The number of fused-ring (bicyclic) bond motifs is 1. The third kappa shape index (κ3) is 2.17. The van der Waals surface area contributed by atoms with Gasteiger partial charge in [0.05, 0.1) is 5.69 Å². The molecule has 0 radical (unpaired) electrons. The van der Waals surface area contributed by atoms with Crippen LogP contribution in [0.4, 0.5) is 0 Å². The quantitative estimate of drug-likeness (QED) is 0.811. The molecule has 2 unspecified atom stereocenters. The zero-order valence-corrected chi connectivity index (χ0v) is 10.7. The van der Waals surface area contributed by atoms with Gasteiger partial charge in [-0.05, 0) is 30.9 Å². The van der Waals surface area contributed by atoms with E-state index in [2.05, 4.69) is 11.9 Å². The zero-order chi connectivity index (χ0) is 12.5. The number of carbonyl (C=O) groups is 1. The second-order valence-electron chi connectivity index (χ2n) is 5.45. The van der Waals surface area contributed by atoms with Gasteiger partial charge >= 0.3 is 0 Å². The molecule has 0 bridgehead atoms. The lowest BCUT2D eigenvalue weighted by atomic mass is 9.79. The predicted octanol–water partition coefficient (Wildman–Crippen LogP) is 2.88. The van der Waals surface area contributed by atoms with Gasteiger partial charge < -0.3 is 4.40 Å². The average molecular weight is 242 g/mol. The number of hydrogen-bond acceptors (Lipinski definition) is 2. The van der Waals surface area contributed by atoms with Crippen LogP contribution in [0.3, 0.4) is 0 Å². The lowest BCUT2D eigenvalue weighted by Crippen LogP contribution is -2.25. The highest BCUT2D eigenvalue weighted by molar-refractivity contribution is 5.82.